The minimum absolute atomic E-state index is 0.297. The number of rotatable bonds is 4. The molecule has 5 nitrogen and oxygen atoms in total. The van der Waals surface area contributed by atoms with Crippen molar-refractivity contribution < 1.29 is 4.79 Å². The van der Waals surface area contributed by atoms with E-state index in [9.17, 15) is 4.79 Å². The lowest BCUT2D eigenvalue weighted by Crippen LogP contribution is -2.56. The monoisotopic (exact) mass is 326 g/mol. The number of likely N-dealkylation sites (tertiary alicyclic amines) is 2. The molecule has 2 aromatic rings. The topological polar surface area (TPSA) is 65.4 Å². The molecule has 5 heteroatoms. The summed E-state index contributed by atoms with van der Waals surface area (Å²) in [5.74, 6) is 0.887. The molecule has 128 valence electrons. The van der Waals surface area contributed by atoms with Crippen LogP contribution in [0.4, 0.5) is 0 Å². The van der Waals surface area contributed by atoms with Crippen LogP contribution in [0.3, 0.4) is 0 Å². The van der Waals surface area contributed by atoms with Crippen molar-refractivity contribution >= 4 is 16.8 Å². The number of fused-ring (bicyclic) bond motifs is 2. The number of nitrogens with zero attached hydrogens (tertiary/aromatic N) is 2. The summed E-state index contributed by atoms with van der Waals surface area (Å²) in [6.07, 6.45) is 2.77. The molecule has 0 radical (unpaired) electrons. The fourth-order valence-electron chi connectivity index (χ4n) is 4.46. The number of hydrogen-bond donors (Lipinski definition) is 2. The van der Waals surface area contributed by atoms with Gasteiger partial charge in [0.2, 0.25) is 5.91 Å². The number of piperidine rings is 2. The molecule has 2 aliphatic rings. The quantitative estimate of drug-likeness (QED) is 0.902. The van der Waals surface area contributed by atoms with E-state index < -0.39 is 0 Å². The first-order valence-electron chi connectivity index (χ1n) is 9.03. The second-order valence-corrected chi connectivity index (χ2v) is 7.15. The third-order valence-corrected chi connectivity index (χ3v) is 5.58. The summed E-state index contributed by atoms with van der Waals surface area (Å²) in [6.45, 7) is 4.36. The molecule has 0 spiro atoms. The molecular formula is C19H26N4O. The Morgan fingerprint density at radius 3 is 2.96 bits per heavy atom. The van der Waals surface area contributed by atoms with Crippen LogP contribution in [0.25, 0.3) is 10.9 Å². The molecule has 3 heterocycles. The Morgan fingerprint density at radius 1 is 1.25 bits per heavy atom. The first kappa shape index (κ1) is 15.7. The van der Waals surface area contributed by atoms with Crippen molar-refractivity contribution in [3.8, 4) is 0 Å². The lowest BCUT2D eigenvalue weighted by molar-refractivity contribution is -0.141. The van der Waals surface area contributed by atoms with Crippen LogP contribution in [0.15, 0.2) is 30.3 Å². The number of nitrogens with one attached hydrogen (secondary N) is 1. The summed E-state index contributed by atoms with van der Waals surface area (Å²) in [5.41, 5.74) is 8.19. The maximum Gasteiger partial charge on any atom is 0.222 e. The molecule has 0 saturated carbocycles. The standard InChI is InChI=1S/C19H26N4O/c20-8-10-23-18-7-9-22(12-15(18)5-6-19(23)24)13-16-11-14-3-1-2-4-17(14)21-16/h1-4,11,15,18,21H,5-10,12-13,20H2. The maximum absolute atomic E-state index is 12.2. The van der Waals surface area contributed by atoms with Crippen molar-refractivity contribution in [1.82, 2.24) is 14.8 Å². The number of aromatic nitrogens is 1. The van der Waals surface area contributed by atoms with Crippen LogP contribution in [-0.4, -0.2) is 52.9 Å². The van der Waals surface area contributed by atoms with Gasteiger partial charge in [0.05, 0.1) is 0 Å². The first-order valence-corrected chi connectivity index (χ1v) is 9.03. The normalized spacial score (nSPS) is 25.2. The van der Waals surface area contributed by atoms with Crippen LogP contribution >= 0.6 is 0 Å². The van der Waals surface area contributed by atoms with Crippen molar-refractivity contribution in [3.63, 3.8) is 0 Å². The smallest absolute Gasteiger partial charge is 0.222 e. The Morgan fingerprint density at radius 2 is 2.12 bits per heavy atom. The van der Waals surface area contributed by atoms with E-state index in [-0.39, 0.29) is 0 Å². The molecule has 4 rings (SSSR count). The average Bonchev–Trinajstić information content (AvgIpc) is 3.00. The minimum Gasteiger partial charge on any atom is -0.357 e. The zero-order valence-corrected chi connectivity index (χ0v) is 14.1. The van der Waals surface area contributed by atoms with Gasteiger partial charge in [-0.15, -0.1) is 0 Å². The third kappa shape index (κ3) is 2.94. The number of para-hydroxylation sites is 1. The Kier molecular flexibility index (Phi) is 4.29. The third-order valence-electron chi connectivity index (χ3n) is 5.58. The lowest BCUT2D eigenvalue weighted by atomic mass is 9.83. The number of hydrogen-bond acceptors (Lipinski definition) is 3. The van der Waals surface area contributed by atoms with E-state index in [2.05, 4.69) is 45.1 Å². The van der Waals surface area contributed by atoms with Gasteiger partial charge in [-0.1, -0.05) is 18.2 Å². The SMILES string of the molecule is NCCN1C(=O)CCC2CN(Cc3cc4ccccc4[nH]3)CCC21. The maximum atomic E-state index is 12.2. The number of carbonyl (C=O) groups excluding carboxylic acids is 1. The molecule has 2 fully saturated rings. The van der Waals surface area contributed by atoms with E-state index in [1.54, 1.807) is 0 Å². The van der Waals surface area contributed by atoms with Crippen LogP contribution in [0, 0.1) is 5.92 Å². The highest BCUT2D eigenvalue weighted by molar-refractivity contribution is 5.80. The lowest BCUT2D eigenvalue weighted by Gasteiger charge is -2.47. The van der Waals surface area contributed by atoms with Gasteiger partial charge in [0.15, 0.2) is 0 Å². The van der Waals surface area contributed by atoms with E-state index in [0.717, 1.165) is 32.5 Å². The molecule has 2 unspecified atom stereocenters. The van der Waals surface area contributed by atoms with Gasteiger partial charge in [-0.25, -0.2) is 0 Å². The highest BCUT2D eigenvalue weighted by Crippen LogP contribution is 2.31. The predicted molar refractivity (Wildman–Crippen MR) is 95.5 cm³/mol. The molecular weight excluding hydrogens is 300 g/mol. The van der Waals surface area contributed by atoms with Crippen LogP contribution in [-0.2, 0) is 11.3 Å². The molecule has 2 saturated heterocycles. The highest BCUT2D eigenvalue weighted by atomic mass is 16.2. The van der Waals surface area contributed by atoms with Gasteiger partial charge in [0.25, 0.3) is 0 Å². The molecule has 3 N–H and O–H groups in total. The van der Waals surface area contributed by atoms with Gasteiger partial charge < -0.3 is 15.6 Å². The summed E-state index contributed by atoms with van der Waals surface area (Å²) in [6, 6.07) is 11.1. The van der Waals surface area contributed by atoms with Gasteiger partial charge in [0.1, 0.15) is 0 Å². The molecule has 1 amide bonds. The van der Waals surface area contributed by atoms with Crippen molar-refractivity contribution in [2.75, 3.05) is 26.2 Å². The zero-order valence-electron chi connectivity index (χ0n) is 14.1. The molecule has 2 atom stereocenters. The molecule has 2 aliphatic heterocycles. The van der Waals surface area contributed by atoms with Crippen molar-refractivity contribution in [2.24, 2.45) is 11.7 Å². The summed E-state index contributed by atoms with van der Waals surface area (Å²) in [4.78, 5) is 20.3. The summed E-state index contributed by atoms with van der Waals surface area (Å²) < 4.78 is 0. The molecule has 1 aromatic carbocycles. The predicted octanol–water partition coefficient (Wildman–Crippen LogP) is 1.94. The largest absolute Gasteiger partial charge is 0.357 e. The molecule has 1 aromatic heterocycles. The average molecular weight is 326 g/mol. The second kappa shape index (κ2) is 6.57. The second-order valence-electron chi connectivity index (χ2n) is 7.15. The zero-order chi connectivity index (χ0) is 16.5. The summed E-state index contributed by atoms with van der Waals surface area (Å²) >= 11 is 0. The number of nitrogens with two attached hydrogens (primary N) is 1. The highest BCUT2D eigenvalue weighted by Gasteiger charge is 2.38. The Bertz CT molecular complexity index is 692. The van der Waals surface area contributed by atoms with Crippen LogP contribution < -0.4 is 5.73 Å². The van der Waals surface area contributed by atoms with E-state index in [0.29, 0.717) is 37.4 Å². The van der Waals surface area contributed by atoms with Crippen molar-refractivity contribution in [3.05, 3.63) is 36.0 Å². The van der Waals surface area contributed by atoms with Gasteiger partial charge >= 0.3 is 0 Å². The Labute approximate surface area is 142 Å². The molecule has 0 bridgehead atoms. The fourth-order valence-corrected chi connectivity index (χ4v) is 4.46. The number of aromatic amines is 1. The van der Waals surface area contributed by atoms with Crippen LogP contribution in [0.5, 0.6) is 0 Å². The summed E-state index contributed by atoms with van der Waals surface area (Å²) in [7, 11) is 0. The van der Waals surface area contributed by atoms with Gasteiger partial charge in [-0.3, -0.25) is 9.69 Å². The number of benzene rings is 1. The van der Waals surface area contributed by atoms with Crippen LogP contribution in [0.1, 0.15) is 25.0 Å². The van der Waals surface area contributed by atoms with Crippen molar-refractivity contribution in [2.45, 2.75) is 31.8 Å². The fraction of sp³-hybridized carbons (Fsp3) is 0.526. The van der Waals surface area contributed by atoms with E-state index in [1.165, 1.54) is 16.6 Å². The molecule has 0 aliphatic carbocycles. The summed E-state index contributed by atoms with van der Waals surface area (Å²) in [5, 5.41) is 1.28. The van der Waals surface area contributed by atoms with Gasteiger partial charge in [-0.05, 0) is 36.3 Å². The van der Waals surface area contributed by atoms with E-state index in [4.69, 9.17) is 5.73 Å². The van der Waals surface area contributed by atoms with Gasteiger partial charge in [-0.2, -0.15) is 0 Å². The molecule has 24 heavy (non-hydrogen) atoms. The van der Waals surface area contributed by atoms with E-state index in [1.807, 2.05) is 0 Å². The van der Waals surface area contributed by atoms with Gasteiger partial charge in [0, 0.05) is 56.4 Å². The van der Waals surface area contributed by atoms with Crippen molar-refractivity contribution in [1.29, 1.82) is 0 Å². The number of amides is 1. The number of carbonyl (C=O) groups is 1. The minimum atomic E-state index is 0.297. The Balaban J connectivity index is 1.43. The Hall–Kier alpha value is -1.85. The van der Waals surface area contributed by atoms with E-state index >= 15 is 0 Å². The number of H-pyrrole nitrogens is 1. The van der Waals surface area contributed by atoms with Crippen LogP contribution in [0.2, 0.25) is 0 Å². The first-order chi connectivity index (χ1) is 11.7.